The first-order chi connectivity index (χ1) is 13.1. The standard InChI is InChI=1S/C19H23N3O3S2/c23-19(21-12-10-20(11-13-21)16-6-2-1-3-7-16)18-14-17(15-26-18)27(24,25)22-8-4-5-9-22/h1-3,6-7,14-15H,4-5,8-13H2. The first-order valence-electron chi connectivity index (χ1n) is 9.24. The zero-order chi connectivity index (χ0) is 18.9. The van der Waals surface area contributed by atoms with Gasteiger partial charge < -0.3 is 9.80 Å². The molecule has 0 spiro atoms. The highest BCUT2D eigenvalue weighted by molar-refractivity contribution is 7.89. The lowest BCUT2D eigenvalue weighted by Crippen LogP contribution is -2.48. The predicted molar refractivity (Wildman–Crippen MR) is 107 cm³/mol. The molecule has 2 aromatic rings. The first-order valence-corrected chi connectivity index (χ1v) is 11.6. The van der Waals surface area contributed by atoms with Crippen LogP contribution in [-0.4, -0.2) is 62.8 Å². The van der Waals surface area contributed by atoms with E-state index in [2.05, 4.69) is 17.0 Å². The number of piperazine rings is 1. The van der Waals surface area contributed by atoms with Gasteiger partial charge in [-0.15, -0.1) is 11.3 Å². The maximum atomic E-state index is 12.8. The lowest BCUT2D eigenvalue weighted by Gasteiger charge is -2.36. The van der Waals surface area contributed by atoms with Crippen molar-refractivity contribution >= 4 is 33.0 Å². The fourth-order valence-electron chi connectivity index (χ4n) is 3.61. The molecule has 3 heterocycles. The molecule has 27 heavy (non-hydrogen) atoms. The van der Waals surface area contributed by atoms with Crippen molar-refractivity contribution in [2.75, 3.05) is 44.2 Å². The van der Waals surface area contributed by atoms with Crippen molar-refractivity contribution in [1.82, 2.24) is 9.21 Å². The van der Waals surface area contributed by atoms with E-state index in [0.717, 1.165) is 25.9 Å². The highest BCUT2D eigenvalue weighted by Gasteiger charge is 2.30. The van der Waals surface area contributed by atoms with Crippen molar-refractivity contribution in [3.05, 3.63) is 46.7 Å². The number of amides is 1. The Labute approximate surface area is 164 Å². The fraction of sp³-hybridized carbons (Fsp3) is 0.421. The van der Waals surface area contributed by atoms with Crippen LogP contribution in [0.1, 0.15) is 22.5 Å². The van der Waals surface area contributed by atoms with Gasteiger partial charge in [-0.2, -0.15) is 4.31 Å². The molecule has 0 bridgehead atoms. The van der Waals surface area contributed by atoms with Crippen molar-refractivity contribution < 1.29 is 13.2 Å². The zero-order valence-electron chi connectivity index (χ0n) is 15.1. The lowest BCUT2D eigenvalue weighted by atomic mass is 10.2. The maximum absolute atomic E-state index is 12.8. The molecule has 0 unspecified atom stereocenters. The third-order valence-electron chi connectivity index (χ3n) is 5.18. The number of carbonyl (C=O) groups excluding carboxylic acids is 1. The van der Waals surface area contributed by atoms with Crippen LogP contribution >= 0.6 is 11.3 Å². The largest absolute Gasteiger partial charge is 0.368 e. The van der Waals surface area contributed by atoms with Crippen LogP contribution in [0.3, 0.4) is 0 Å². The van der Waals surface area contributed by atoms with Crippen LogP contribution in [0.15, 0.2) is 46.7 Å². The summed E-state index contributed by atoms with van der Waals surface area (Å²) in [5.41, 5.74) is 1.17. The summed E-state index contributed by atoms with van der Waals surface area (Å²) < 4.78 is 26.8. The Kier molecular flexibility index (Phi) is 5.21. The molecular weight excluding hydrogens is 382 g/mol. The monoisotopic (exact) mass is 405 g/mol. The highest BCUT2D eigenvalue weighted by Crippen LogP contribution is 2.26. The Morgan fingerprint density at radius 3 is 2.26 bits per heavy atom. The van der Waals surface area contributed by atoms with Gasteiger partial charge in [-0.05, 0) is 31.0 Å². The van der Waals surface area contributed by atoms with E-state index in [1.165, 1.54) is 21.3 Å². The number of hydrogen-bond acceptors (Lipinski definition) is 5. The molecule has 1 aromatic carbocycles. The van der Waals surface area contributed by atoms with Gasteiger partial charge in [0.15, 0.2) is 0 Å². The molecule has 0 saturated carbocycles. The summed E-state index contributed by atoms with van der Waals surface area (Å²) in [5.74, 6) is -0.0735. The number of para-hydroxylation sites is 1. The minimum atomic E-state index is -3.46. The van der Waals surface area contributed by atoms with Crippen molar-refractivity contribution in [3.63, 3.8) is 0 Å². The summed E-state index contributed by atoms with van der Waals surface area (Å²) in [5, 5.41) is 1.60. The Bertz CT molecular complexity index is 897. The second-order valence-electron chi connectivity index (χ2n) is 6.87. The van der Waals surface area contributed by atoms with Crippen molar-refractivity contribution in [1.29, 1.82) is 0 Å². The Hall–Kier alpha value is -1.90. The third-order valence-corrected chi connectivity index (χ3v) is 8.12. The fourth-order valence-corrected chi connectivity index (χ4v) is 6.35. The zero-order valence-corrected chi connectivity index (χ0v) is 16.7. The van der Waals surface area contributed by atoms with Crippen molar-refractivity contribution in [2.45, 2.75) is 17.7 Å². The summed E-state index contributed by atoms with van der Waals surface area (Å²) in [6.45, 7) is 3.98. The SMILES string of the molecule is O=C(c1cc(S(=O)(=O)N2CCCC2)cs1)N1CCN(c2ccccc2)CC1. The highest BCUT2D eigenvalue weighted by atomic mass is 32.2. The van der Waals surface area contributed by atoms with E-state index in [1.54, 1.807) is 11.4 Å². The van der Waals surface area contributed by atoms with Crippen LogP contribution in [0.2, 0.25) is 0 Å². The van der Waals surface area contributed by atoms with E-state index in [0.29, 0.717) is 31.1 Å². The molecule has 2 saturated heterocycles. The van der Waals surface area contributed by atoms with Gasteiger partial charge in [0.1, 0.15) is 0 Å². The molecule has 144 valence electrons. The minimum absolute atomic E-state index is 0.0735. The van der Waals surface area contributed by atoms with E-state index >= 15 is 0 Å². The first kappa shape index (κ1) is 18.5. The molecule has 0 N–H and O–H groups in total. The normalized spacial score (nSPS) is 18.8. The predicted octanol–water partition coefficient (Wildman–Crippen LogP) is 2.50. The molecule has 6 nitrogen and oxygen atoms in total. The number of benzene rings is 1. The number of hydrogen-bond donors (Lipinski definition) is 0. The van der Waals surface area contributed by atoms with E-state index < -0.39 is 10.0 Å². The van der Waals surface area contributed by atoms with Crippen LogP contribution in [0.5, 0.6) is 0 Å². The van der Waals surface area contributed by atoms with Crippen LogP contribution in [-0.2, 0) is 10.0 Å². The number of nitrogens with zero attached hydrogens (tertiary/aromatic N) is 3. The van der Waals surface area contributed by atoms with Gasteiger partial charge in [-0.1, -0.05) is 18.2 Å². The third kappa shape index (κ3) is 3.74. The van der Waals surface area contributed by atoms with Crippen LogP contribution in [0, 0.1) is 0 Å². The summed E-state index contributed by atoms with van der Waals surface area (Å²) in [6, 6.07) is 11.7. The number of sulfonamides is 1. The van der Waals surface area contributed by atoms with Gasteiger partial charge in [0, 0.05) is 50.3 Å². The molecule has 1 amide bonds. The van der Waals surface area contributed by atoms with Gasteiger partial charge in [0.2, 0.25) is 10.0 Å². The second-order valence-corrected chi connectivity index (χ2v) is 9.72. The number of rotatable bonds is 4. The quantitative estimate of drug-likeness (QED) is 0.784. The summed E-state index contributed by atoms with van der Waals surface area (Å²) in [6.07, 6.45) is 1.81. The smallest absolute Gasteiger partial charge is 0.264 e. The molecular formula is C19H23N3O3S2. The lowest BCUT2D eigenvalue weighted by molar-refractivity contribution is 0.0751. The number of anilines is 1. The molecule has 0 radical (unpaired) electrons. The Morgan fingerprint density at radius 2 is 1.59 bits per heavy atom. The topological polar surface area (TPSA) is 60.9 Å². The minimum Gasteiger partial charge on any atom is -0.368 e. The Balaban J connectivity index is 1.42. The summed E-state index contributed by atoms with van der Waals surface area (Å²) >= 11 is 1.22. The van der Waals surface area contributed by atoms with Crippen LogP contribution in [0.4, 0.5) is 5.69 Å². The van der Waals surface area contributed by atoms with Crippen molar-refractivity contribution in [3.8, 4) is 0 Å². The summed E-state index contributed by atoms with van der Waals surface area (Å²) in [4.78, 5) is 17.6. The van der Waals surface area contributed by atoms with E-state index in [1.807, 2.05) is 23.1 Å². The van der Waals surface area contributed by atoms with Gasteiger partial charge >= 0.3 is 0 Å². The van der Waals surface area contributed by atoms with Crippen LogP contribution < -0.4 is 4.90 Å². The summed E-state index contributed by atoms with van der Waals surface area (Å²) in [7, 11) is -3.46. The van der Waals surface area contributed by atoms with Gasteiger partial charge in [0.05, 0.1) is 9.77 Å². The van der Waals surface area contributed by atoms with Gasteiger partial charge in [0.25, 0.3) is 5.91 Å². The van der Waals surface area contributed by atoms with Gasteiger partial charge in [-0.3, -0.25) is 4.79 Å². The molecule has 2 aliphatic rings. The van der Waals surface area contributed by atoms with Crippen molar-refractivity contribution in [2.24, 2.45) is 0 Å². The van der Waals surface area contributed by atoms with Gasteiger partial charge in [-0.25, -0.2) is 8.42 Å². The second kappa shape index (κ2) is 7.61. The number of carbonyl (C=O) groups is 1. The molecule has 1 aromatic heterocycles. The van der Waals surface area contributed by atoms with E-state index in [-0.39, 0.29) is 10.8 Å². The van der Waals surface area contributed by atoms with E-state index in [9.17, 15) is 13.2 Å². The molecule has 0 atom stereocenters. The molecule has 2 fully saturated rings. The average Bonchev–Trinajstić information content (AvgIpc) is 3.41. The van der Waals surface area contributed by atoms with Crippen LogP contribution in [0.25, 0.3) is 0 Å². The maximum Gasteiger partial charge on any atom is 0.264 e. The molecule has 2 aliphatic heterocycles. The molecule has 4 rings (SSSR count). The Morgan fingerprint density at radius 1 is 0.926 bits per heavy atom. The molecule has 0 aliphatic carbocycles. The van der Waals surface area contributed by atoms with E-state index in [4.69, 9.17) is 0 Å². The number of thiophene rings is 1. The average molecular weight is 406 g/mol. The molecule has 8 heteroatoms.